The molecule has 15 heteroatoms. The molecule has 2 fully saturated rings. The predicted molar refractivity (Wildman–Crippen MR) is 298 cm³/mol. The molecule has 2 aliphatic rings. The van der Waals surface area contributed by atoms with Crippen LogP contribution in [0.25, 0.3) is 0 Å². The lowest BCUT2D eigenvalue weighted by molar-refractivity contribution is -0.332. The minimum atomic E-state index is -1.77. The highest BCUT2D eigenvalue weighted by Gasteiger charge is 2.47. The molecule has 11 atom stereocenters. The van der Waals surface area contributed by atoms with Crippen LogP contribution >= 0.6 is 0 Å². The highest BCUT2D eigenvalue weighted by atomic mass is 16.7. The number of hydrogen-bond donors (Lipinski definition) is 7. The van der Waals surface area contributed by atoms with Gasteiger partial charge in [-0.1, -0.05) is 217 Å². The standard InChI is InChI=1S/C61H108O15/c1-3-5-7-9-11-13-15-17-19-21-23-24-26-28-30-32-34-36-38-40-42-44-53(64)74-49(46-71-52(63)43-41-39-37-35-33-31-29-27-25-22-20-18-16-14-12-10-8-6-4-2)47-72-60-59(70)57(68)55(66)51(76-60)48-73-61-58(69)56(67)54(65)50(45-62)75-61/h5,7,11,13,17,19,23-24,49-51,54-62,65-70H,3-4,6,8-10,12,14-16,18,20-22,25-48H2,1-2H3/b7-5-,13-11-,19-17-,24-23-. The van der Waals surface area contributed by atoms with Crippen LogP contribution in [0.2, 0.25) is 0 Å². The van der Waals surface area contributed by atoms with Crippen molar-refractivity contribution in [2.45, 2.75) is 300 Å². The van der Waals surface area contributed by atoms with E-state index in [4.69, 9.17) is 28.4 Å². The van der Waals surface area contributed by atoms with E-state index in [1.807, 2.05) is 0 Å². The molecule has 2 aliphatic heterocycles. The Bertz CT molecular complexity index is 1500. The molecule has 11 unspecified atom stereocenters. The van der Waals surface area contributed by atoms with Crippen LogP contribution in [0.5, 0.6) is 0 Å². The first-order valence-electron chi connectivity index (χ1n) is 30.2. The largest absolute Gasteiger partial charge is 0.462 e. The molecule has 0 radical (unpaired) electrons. The van der Waals surface area contributed by atoms with Crippen LogP contribution in [-0.4, -0.2) is 142 Å². The van der Waals surface area contributed by atoms with Gasteiger partial charge in [0.15, 0.2) is 18.7 Å². The fraction of sp³-hybridized carbons (Fsp3) is 0.836. The number of rotatable bonds is 48. The Hall–Kier alpha value is -2.54. The van der Waals surface area contributed by atoms with E-state index in [1.165, 1.54) is 116 Å². The molecule has 0 aromatic heterocycles. The van der Waals surface area contributed by atoms with Gasteiger partial charge in [0.2, 0.25) is 0 Å². The van der Waals surface area contributed by atoms with Crippen LogP contribution in [0, 0.1) is 0 Å². The molecule has 0 amide bonds. The predicted octanol–water partition coefficient (Wildman–Crippen LogP) is 10.6. The van der Waals surface area contributed by atoms with Gasteiger partial charge in [-0.3, -0.25) is 9.59 Å². The molecule has 0 saturated carbocycles. The van der Waals surface area contributed by atoms with Gasteiger partial charge in [-0.15, -0.1) is 0 Å². The van der Waals surface area contributed by atoms with Gasteiger partial charge < -0.3 is 64.2 Å². The number of aliphatic hydroxyl groups excluding tert-OH is 7. The number of ether oxygens (including phenoxy) is 6. The smallest absolute Gasteiger partial charge is 0.306 e. The van der Waals surface area contributed by atoms with E-state index in [9.17, 15) is 45.3 Å². The summed E-state index contributed by atoms with van der Waals surface area (Å²) in [6.45, 7) is 2.51. The highest BCUT2D eigenvalue weighted by Crippen LogP contribution is 2.27. The molecule has 2 saturated heterocycles. The van der Waals surface area contributed by atoms with Gasteiger partial charge in [0.25, 0.3) is 0 Å². The molecule has 0 aliphatic carbocycles. The first kappa shape index (κ1) is 69.6. The number of unbranched alkanes of at least 4 members (excludes halogenated alkanes) is 26. The minimum absolute atomic E-state index is 0.156. The summed E-state index contributed by atoms with van der Waals surface area (Å²) in [6.07, 6.45) is 38.4. The average Bonchev–Trinajstić information content (AvgIpc) is 3.41. The zero-order chi connectivity index (χ0) is 55.3. The van der Waals surface area contributed by atoms with Crippen molar-refractivity contribution < 1.29 is 73.8 Å². The summed E-state index contributed by atoms with van der Waals surface area (Å²) in [5.41, 5.74) is 0. The molecule has 442 valence electrons. The van der Waals surface area contributed by atoms with Gasteiger partial charge in [-0.2, -0.15) is 0 Å². The first-order chi connectivity index (χ1) is 37.0. The van der Waals surface area contributed by atoms with E-state index in [0.29, 0.717) is 12.8 Å². The van der Waals surface area contributed by atoms with Gasteiger partial charge >= 0.3 is 11.9 Å². The maximum absolute atomic E-state index is 13.1. The Morgan fingerprint density at radius 2 is 0.829 bits per heavy atom. The van der Waals surface area contributed by atoms with Crippen molar-refractivity contribution in [3.05, 3.63) is 48.6 Å². The SMILES string of the molecule is CC/C=C\C/C=C\C/C=C\C/C=C\CCCCCCCCCCC(=O)OC(COC(=O)CCCCCCCCCCCCCCCCCCCCC)COC1OC(COC2OC(CO)C(O)C(O)C2O)C(O)C(O)C1O. The first-order valence-corrected chi connectivity index (χ1v) is 30.2. The third-order valence-electron chi connectivity index (χ3n) is 14.3. The second kappa shape index (κ2) is 47.3. The summed E-state index contributed by atoms with van der Waals surface area (Å²) in [5, 5.41) is 72.4. The van der Waals surface area contributed by atoms with Gasteiger partial charge in [-0.25, -0.2) is 0 Å². The quantitative estimate of drug-likeness (QED) is 0.0171. The molecule has 0 aromatic rings. The number of carbonyl (C=O) groups is 2. The van der Waals surface area contributed by atoms with E-state index in [2.05, 4.69) is 62.5 Å². The normalized spacial score (nSPS) is 24.6. The second-order valence-corrected chi connectivity index (χ2v) is 21.2. The van der Waals surface area contributed by atoms with Gasteiger partial charge in [0.1, 0.15) is 55.4 Å². The van der Waals surface area contributed by atoms with Crippen molar-refractivity contribution in [3.8, 4) is 0 Å². The lowest BCUT2D eigenvalue weighted by Gasteiger charge is -2.42. The fourth-order valence-corrected chi connectivity index (χ4v) is 9.45. The maximum Gasteiger partial charge on any atom is 0.306 e. The summed E-state index contributed by atoms with van der Waals surface area (Å²) in [5.74, 6) is -0.925. The maximum atomic E-state index is 13.1. The van der Waals surface area contributed by atoms with E-state index in [0.717, 1.165) is 77.0 Å². The van der Waals surface area contributed by atoms with Crippen LogP contribution in [0.15, 0.2) is 48.6 Å². The second-order valence-electron chi connectivity index (χ2n) is 21.2. The van der Waals surface area contributed by atoms with Gasteiger partial charge in [0.05, 0.1) is 19.8 Å². The number of allylic oxidation sites excluding steroid dienone is 8. The summed E-state index contributed by atoms with van der Waals surface area (Å²) in [7, 11) is 0. The van der Waals surface area contributed by atoms with Crippen molar-refractivity contribution in [2.75, 3.05) is 26.4 Å². The number of esters is 2. The number of carbonyl (C=O) groups excluding carboxylic acids is 2. The van der Waals surface area contributed by atoms with Crippen molar-refractivity contribution >= 4 is 11.9 Å². The van der Waals surface area contributed by atoms with Crippen molar-refractivity contribution in [1.29, 1.82) is 0 Å². The highest BCUT2D eigenvalue weighted by molar-refractivity contribution is 5.70. The summed E-state index contributed by atoms with van der Waals surface area (Å²) >= 11 is 0. The molecule has 2 heterocycles. The lowest BCUT2D eigenvalue weighted by atomic mass is 9.98. The summed E-state index contributed by atoms with van der Waals surface area (Å²) in [6, 6.07) is 0. The zero-order valence-electron chi connectivity index (χ0n) is 47.2. The van der Waals surface area contributed by atoms with Crippen LogP contribution in [0.3, 0.4) is 0 Å². The molecular weight excluding hydrogens is 973 g/mol. The monoisotopic (exact) mass is 1080 g/mol. The Kier molecular flexibility index (Phi) is 43.3. The van der Waals surface area contributed by atoms with E-state index < -0.39 is 92.7 Å². The van der Waals surface area contributed by atoms with E-state index in [1.54, 1.807) is 0 Å². The van der Waals surface area contributed by atoms with Crippen LogP contribution < -0.4 is 0 Å². The number of aliphatic hydroxyl groups is 7. The van der Waals surface area contributed by atoms with Gasteiger partial charge in [0, 0.05) is 12.8 Å². The lowest BCUT2D eigenvalue weighted by Crippen LogP contribution is -2.61. The van der Waals surface area contributed by atoms with Gasteiger partial charge in [-0.05, 0) is 51.4 Å². The Morgan fingerprint density at radius 1 is 0.434 bits per heavy atom. The van der Waals surface area contributed by atoms with E-state index in [-0.39, 0.29) is 26.1 Å². The molecule has 15 nitrogen and oxygen atoms in total. The molecule has 2 rings (SSSR count). The molecule has 0 aromatic carbocycles. The molecule has 7 N–H and O–H groups in total. The topological polar surface area (TPSA) is 231 Å². The minimum Gasteiger partial charge on any atom is -0.462 e. The Labute approximate surface area is 458 Å². The summed E-state index contributed by atoms with van der Waals surface area (Å²) in [4.78, 5) is 25.9. The van der Waals surface area contributed by atoms with E-state index >= 15 is 0 Å². The third-order valence-corrected chi connectivity index (χ3v) is 14.3. The average molecular weight is 1080 g/mol. The summed E-state index contributed by atoms with van der Waals surface area (Å²) < 4.78 is 33.7. The third kappa shape index (κ3) is 33.8. The van der Waals surface area contributed by atoms with Crippen molar-refractivity contribution in [3.63, 3.8) is 0 Å². The van der Waals surface area contributed by atoms with Crippen LogP contribution in [-0.2, 0) is 38.0 Å². The zero-order valence-corrected chi connectivity index (χ0v) is 47.2. The van der Waals surface area contributed by atoms with Crippen LogP contribution in [0.4, 0.5) is 0 Å². The molecule has 0 spiro atoms. The molecule has 0 bridgehead atoms. The van der Waals surface area contributed by atoms with Crippen molar-refractivity contribution in [2.24, 2.45) is 0 Å². The van der Waals surface area contributed by atoms with Crippen molar-refractivity contribution in [1.82, 2.24) is 0 Å². The Morgan fingerprint density at radius 3 is 1.30 bits per heavy atom. The molecule has 76 heavy (non-hydrogen) atoms. The fourth-order valence-electron chi connectivity index (χ4n) is 9.45. The number of hydrogen-bond acceptors (Lipinski definition) is 15. The molecular formula is C61H108O15. The van der Waals surface area contributed by atoms with Crippen LogP contribution in [0.1, 0.15) is 232 Å². The Balaban J connectivity index is 1.74.